The molecule has 3 heteroatoms. The van der Waals surface area contributed by atoms with Crippen LogP contribution in [0.1, 0.15) is 11.1 Å². The molecule has 0 bridgehead atoms. The number of aryl methyl sites for hydroxylation is 1. The minimum absolute atomic E-state index is 0.0556. The summed E-state index contributed by atoms with van der Waals surface area (Å²) in [6.07, 6.45) is 4.34. The molecule has 17 heavy (non-hydrogen) atoms. The standard InChI is InChI=1S/C14H16N2O/c1-16-8-7-13(11-16)9-14(17)15-10-12-5-3-2-4-6-12/h2-8,11H,9-10H2,1H3,(H,15,17). The normalized spacial score (nSPS) is 10.2. The van der Waals surface area contributed by atoms with Crippen LogP contribution < -0.4 is 5.32 Å². The first kappa shape index (κ1) is 11.5. The van der Waals surface area contributed by atoms with Crippen LogP contribution in [-0.2, 0) is 24.8 Å². The van der Waals surface area contributed by atoms with Gasteiger partial charge in [-0.1, -0.05) is 30.3 Å². The highest BCUT2D eigenvalue weighted by Crippen LogP contribution is 2.01. The van der Waals surface area contributed by atoms with E-state index in [0.29, 0.717) is 13.0 Å². The van der Waals surface area contributed by atoms with Crippen LogP contribution >= 0.6 is 0 Å². The zero-order valence-corrected chi connectivity index (χ0v) is 9.89. The second-order valence-electron chi connectivity index (χ2n) is 4.12. The molecule has 0 spiro atoms. The molecule has 1 N–H and O–H groups in total. The predicted molar refractivity (Wildman–Crippen MR) is 67.4 cm³/mol. The number of rotatable bonds is 4. The van der Waals surface area contributed by atoms with E-state index in [-0.39, 0.29) is 5.91 Å². The SMILES string of the molecule is Cn1ccc(CC(=O)NCc2ccccc2)c1. The topological polar surface area (TPSA) is 34.0 Å². The van der Waals surface area contributed by atoms with Crippen LogP contribution in [0.5, 0.6) is 0 Å². The van der Waals surface area contributed by atoms with Gasteiger partial charge in [0.05, 0.1) is 6.42 Å². The molecule has 0 saturated heterocycles. The molecule has 0 radical (unpaired) electrons. The monoisotopic (exact) mass is 228 g/mol. The Kier molecular flexibility index (Phi) is 3.60. The number of nitrogens with one attached hydrogen (secondary N) is 1. The summed E-state index contributed by atoms with van der Waals surface area (Å²) in [7, 11) is 1.95. The van der Waals surface area contributed by atoms with E-state index < -0.39 is 0 Å². The van der Waals surface area contributed by atoms with Crippen LogP contribution in [0, 0.1) is 0 Å². The highest BCUT2D eigenvalue weighted by Gasteiger charge is 2.03. The predicted octanol–water partition coefficient (Wildman–Crippen LogP) is 1.88. The highest BCUT2D eigenvalue weighted by atomic mass is 16.1. The maximum Gasteiger partial charge on any atom is 0.224 e. The summed E-state index contributed by atoms with van der Waals surface area (Å²) in [6.45, 7) is 0.590. The Bertz CT molecular complexity index is 488. The lowest BCUT2D eigenvalue weighted by atomic mass is 10.2. The number of carbonyl (C=O) groups is 1. The van der Waals surface area contributed by atoms with E-state index in [1.807, 2.05) is 60.4 Å². The van der Waals surface area contributed by atoms with Crippen molar-refractivity contribution in [3.8, 4) is 0 Å². The van der Waals surface area contributed by atoms with Gasteiger partial charge in [0.15, 0.2) is 0 Å². The maximum atomic E-state index is 11.7. The molecule has 88 valence electrons. The summed E-state index contributed by atoms with van der Waals surface area (Å²) < 4.78 is 1.94. The maximum absolute atomic E-state index is 11.7. The van der Waals surface area contributed by atoms with E-state index in [1.165, 1.54) is 0 Å². The third-order valence-electron chi connectivity index (χ3n) is 2.59. The molecule has 0 fully saturated rings. The third-order valence-corrected chi connectivity index (χ3v) is 2.59. The fourth-order valence-electron chi connectivity index (χ4n) is 1.71. The van der Waals surface area contributed by atoms with Gasteiger partial charge in [-0.3, -0.25) is 4.79 Å². The Morgan fingerprint density at radius 2 is 1.94 bits per heavy atom. The average Bonchev–Trinajstić information content (AvgIpc) is 2.73. The van der Waals surface area contributed by atoms with Gasteiger partial charge in [-0.25, -0.2) is 0 Å². The Morgan fingerprint density at radius 3 is 2.59 bits per heavy atom. The Morgan fingerprint density at radius 1 is 1.18 bits per heavy atom. The summed E-state index contributed by atoms with van der Waals surface area (Å²) in [6, 6.07) is 11.9. The molecule has 0 atom stereocenters. The van der Waals surface area contributed by atoms with Crippen molar-refractivity contribution in [1.29, 1.82) is 0 Å². The van der Waals surface area contributed by atoms with Crippen molar-refractivity contribution in [2.24, 2.45) is 7.05 Å². The fraction of sp³-hybridized carbons (Fsp3) is 0.214. The Hall–Kier alpha value is -2.03. The second kappa shape index (κ2) is 5.34. The van der Waals surface area contributed by atoms with Crippen molar-refractivity contribution in [2.75, 3.05) is 0 Å². The van der Waals surface area contributed by atoms with Crippen molar-refractivity contribution in [1.82, 2.24) is 9.88 Å². The molecule has 3 nitrogen and oxygen atoms in total. The van der Waals surface area contributed by atoms with Gasteiger partial charge in [-0.15, -0.1) is 0 Å². The van der Waals surface area contributed by atoms with Crippen molar-refractivity contribution < 1.29 is 4.79 Å². The number of hydrogen-bond donors (Lipinski definition) is 1. The lowest BCUT2D eigenvalue weighted by molar-refractivity contribution is -0.120. The molecule has 2 aromatic rings. The molecule has 1 aromatic carbocycles. The zero-order chi connectivity index (χ0) is 12.1. The first-order valence-corrected chi connectivity index (χ1v) is 5.65. The third kappa shape index (κ3) is 3.48. The minimum atomic E-state index is 0.0556. The van der Waals surface area contributed by atoms with Crippen LogP contribution in [0.2, 0.25) is 0 Å². The summed E-state index contributed by atoms with van der Waals surface area (Å²) in [5, 5.41) is 2.91. The molecular weight excluding hydrogens is 212 g/mol. The quantitative estimate of drug-likeness (QED) is 0.851. The van der Waals surface area contributed by atoms with Crippen LogP contribution in [-0.4, -0.2) is 10.5 Å². The zero-order valence-electron chi connectivity index (χ0n) is 9.89. The number of nitrogens with zero attached hydrogens (tertiary/aromatic N) is 1. The van der Waals surface area contributed by atoms with E-state index in [0.717, 1.165) is 11.1 Å². The largest absolute Gasteiger partial charge is 0.357 e. The van der Waals surface area contributed by atoms with Gasteiger partial charge in [0, 0.05) is 26.0 Å². The first-order valence-electron chi connectivity index (χ1n) is 5.65. The lowest BCUT2D eigenvalue weighted by Gasteiger charge is -2.04. The van der Waals surface area contributed by atoms with Crippen molar-refractivity contribution >= 4 is 5.91 Å². The Labute approximate surface area is 101 Å². The summed E-state index contributed by atoms with van der Waals surface area (Å²) >= 11 is 0. The average molecular weight is 228 g/mol. The fourth-order valence-corrected chi connectivity index (χ4v) is 1.71. The van der Waals surface area contributed by atoms with Crippen LogP contribution in [0.3, 0.4) is 0 Å². The van der Waals surface area contributed by atoms with Gasteiger partial charge in [0.1, 0.15) is 0 Å². The van der Waals surface area contributed by atoms with Gasteiger partial charge in [0.25, 0.3) is 0 Å². The Balaban J connectivity index is 1.82. The van der Waals surface area contributed by atoms with Gasteiger partial charge >= 0.3 is 0 Å². The smallest absolute Gasteiger partial charge is 0.224 e. The van der Waals surface area contributed by atoms with E-state index in [2.05, 4.69) is 5.32 Å². The van der Waals surface area contributed by atoms with Crippen molar-refractivity contribution in [3.05, 3.63) is 59.9 Å². The summed E-state index contributed by atoms with van der Waals surface area (Å²) in [5.74, 6) is 0.0556. The molecular formula is C14H16N2O. The number of carbonyl (C=O) groups excluding carboxylic acids is 1. The number of hydrogen-bond acceptors (Lipinski definition) is 1. The van der Waals surface area contributed by atoms with Crippen molar-refractivity contribution in [3.63, 3.8) is 0 Å². The first-order chi connectivity index (χ1) is 8.24. The second-order valence-corrected chi connectivity index (χ2v) is 4.12. The molecule has 1 aromatic heterocycles. The van der Waals surface area contributed by atoms with Gasteiger partial charge < -0.3 is 9.88 Å². The summed E-state index contributed by atoms with van der Waals surface area (Å²) in [5.41, 5.74) is 2.16. The molecule has 1 amide bonds. The number of amides is 1. The lowest BCUT2D eigenvalue weighted by Crippen LogP contribution is -2.24. The number of benzene rings is 1. The van der Waals surface area contributed by atoms with E-state index in [1.54, 1.807) is 0 Å². The van der Waals surface area contributed by atoms with E-state index in [4.69, 9.17) is 0 Å². The molecule has 1 heterocycles. The highest BCUT2D eigenvalue weighted by molar-refractivity contribution is 5.78. The van der Waals surface area contributed by atoms with Gasteiger partial charge in [-0.2, -0.15) is 0 Å². The molecule has 0 aliphatic rings. The summed E-state index contributed by atoms with van der Waals surface area (Å²) in [4.78, 5) is 11.7. The molecule has 0 aliphatic heterocycles. The van der Waals surface area contributed by atoms with Crippen molar-refractivity contribution in [2.45, 2.75) is 13.0 Å². The van der Waals surface area contributed by atoms with Crippen LogP contribution in [0.4, 0.5) is 0 Å². The minimum Gasteiger partial charge on any atom is -0.357 e. The van der Waals surface area contributed by atoms with Crippen LogP contribution in [0.15, 0.2) is 48.8 Å². The van der Waals surface area contributed by atoms with E-state index >= 15 is 0 Å². The molecule has 0 aliphatic carbocycles. The molecule has 0 saturated carbocycles. The van der Waals surface area contributed by atoms with Gasteiger partial charge in [-0.05, 0) is 17.2 Å². The molecule has 0 unspecified atom stereocenters. The van der Waals surface area contributed by atoms with Gasteiger partial charge in [0.2, 0.25) is 5.91 Å². The molecule has 2 rings (SSSR count). The number of aromatic nitrogens is 1. The van der Waals surface area contributed by atoms with Crippen LogP contribution in [0.25, 0.3) is 0 Å². The van der Waals surface area contributed by atoms with E-state index in [9.17, 15) is 4.79 Å².